The zero-order valence-corrected chi connectivity index (χ0v) is 20.2. The highest BCUT2D eigenvalue weighted by Crippen LogP contribution is 1.90. The number of carbonyl (C=O) groups is 2. The zero-order chi connectivity index (χ0) is 22.9. The van der Waals surface area contributed by atoms with Gasteiger partial charge in [-0.2, -0.15) is 0 Å². The molecular weight excluding hydrogens is 368 g/mol. The molecule has 6 nitrogen and oxygen atoms in total. The predicted octanol–water partition coefficient (Wildman–Crippen LogP) is -0.141. The van der Waals surface area contributed by atoms with E-state index in [0.717, 1.165) is 0 Å². The maximum Gasteiger partial charge on any atom is 0.0768 e. The third kappa shape index (κ3) is 31.8. The Morgan fingerprint density at radius 3 is 0.862 bits per heavy atom. The molecule has 0 unspecified atom stereocenters. The van der Waals surface area contributed by atoms with Gasteiger partial charge < -0.3 is 29.6 Å². The van der Waals surface area contributed by atoms with Crippen molar-refractivity contribution < 1.29 is 29.6 Å². The fraction of sp³-hybridized carbons (Fsp3) is 0.913. The first-order valence-corrected chi connectivity index (χ1v) is 11.9. The van der Waals surface area contributed by atoms with Gasteiger partial charge in [-0.05, 0) is 57.8 Å². The Labute approximate surface area is 180 Å². The van der Waals surface area contributed by atoms with Crippen LogP contribution in [0.1, 0.15) is 99.3 Å². The molecule has 0 bridgehead atoms. The minimum atomic E-state index is -1.23. The fourth-order valence-corrected chi connectivity index (χ4v) is 3.25. The Bertz CT molecular complexity index is 291. The Balaban J connectivity index is -0.000000350. The van der Waals surface area contributed by atoms with Crippen LogP contribution in [-0.2, 0) is 9.59 Å². The third-order valence-corrected chi connectivity index (χ3v) is 4.38. The van der Waals surface area contributed by atoms with Crippen LogP contribution in [0.15, 0.2) is 0 Å². The van der Waals surface area contributed by atoms with Crippen LogP contribution >= 0.6 is 0 Å². The van der Waals surface area contributed by atoms with Crippen LogP contribution in [-0.4, -0.2) is 51.2 Å². The molecule has 0 aliphatic rings. The van der Waals surface area contributed by atoms with E-state index < -0.39 is 11.9 Å². The van der Waals surface area contributed by atoms with Crippen LogP contribution in [0, 0.1) is 0 Å². The van der Waals surface area contributed by atoms with Crippen LogP contribution in [0.4, 0.5) is 0 Å². The van der Waals surface area contributed by atoms with Crippen LogP contribution < -0.4 is 20.0 Å². The molecule has 0 saturated carbocycles. The summed E-state index contributed by atoms with van der Waals surface area (Å²) in [7, 11) is 0. The number of hydrogen-bond acceptors (Lipinski definition) is 4. The van der Waals surface area contributed by atoms with Gasteiger partial charge in [-0.1, -0.05) is 41.5 Å². The summed E-state index contributed by atoms with van der Waals surface area (Å²) in [6, 6.07) is 0. The highest BCUT2D eigenvalue weighted by atomic mass is 16.4. The largest absolute Gasteiger partial charge is 0.550 e. The summed E-state index contributed by atoms with van der Waals surface area (Å²) in [5, 5.41) is 19.3. The Kier molecular flexibility index (Phi) is 30.1. The van der Waals surface area contributed by atoms with Crippen molar-refractivity contribution in [2.24, 2.45) is 0 Å². The van der Waals surface area contributed by atoms with Crippen molar-refractivity contribution in [3.05, 3.63) is 0 Å². The average Bonchev–Trinajstić information content (AvgIpc) is 2.63. The van der Waals surface area contributed by atoms with Gasteiger partial charge in [0.25, 0.3) is 0 Å². The molecule has 0 aromatic heterocycles. The van der Waals surface area contributed by atoms with E-state index in [-0.39, 0.29) is 19.3 Å². The van der Waals surface area contributed by atoms with Crippen molar-refractivity contribution in [1.29, 1.82) is 0 Å². The molecule has 0 aromatic rings. The van der Waals surface area contributed by atoms with Crippen LogP contribution in [0.3, 0.4) is 0 Å². The maximum absolute atomic E-state index is 9.66. The van der Waals surface area contributed by atoms with Crippen molar-refractivity contribution >= 4 is 11.9 Å². The lowest BCUT2D eigenvalue weighted by Crippen LogP contribution is -3.11. The van der Waals surface area contributed by atoms with E-state index in [1.165, 1.54) is 77.8 Å². The molecule has 6 heteroatoms. The topological polar surface area (TPSA) is 89.1 Å². The lowest BCUT2D eigenvalue weighted by Gasteiger charge is -2.16. The second kappa shape index (κ2) is 26.9. The number of hydrogen-bond donors (Lipinski definition) is 2. The summed E-state index contributed by atoms with van der Waals surface area (Å²) in [6.45, 7) is 21.8. The molecule has 0 spiro atoms. The third-order valence-electron chi connectivity index (χ3n) is 4.38. The molecular formula is C23H50N2O4. The van der Waals surface area contributed by atoms with Gasteiger partial charge in [0, 0.05) is 11.9 Å². The summed E-state index contributed by atoms with van der Waals surface area (Å²) in [6.07, 6.45) is 7.63. The molecule has 0 aliphatic heterocycles. The van der Waals surface area contributed by atoms with E-state index in [9.17, 15) is 19.8 Å². The SMILES string of the molecule is CCC[NH+](CCC)CCC.CCC[NH+](CCC)CCC.O=C([O-])CCCC(=O)[O-]. The number of aliphatic carboxylic acids is 2. The monoisotopic (exact) mass is 418 g/mol. The maximum atomic E-state index is 9.66. The first kappa shape index (κ1) is 32.5. The van der Waals surface area contributed by atoms with Gasteiger partial charge in [-0.3, -0.25) is 0 Å². The molecule has 0 amide bonds. The summed E-state index contributed by atoms with van der Waals surface area (Å²) < 4.78 is 0. The lowest BCUT2D eigenvalue weighted by atomic mass is 10.2. The molecule has 2 N–H and O–H groups in total. The highest BCUT2D eigenvalue weighted by molar-refractivity contribution is 5.67. The molecule has 0 aliphatic carbocycles. The van der Waals surface area contributed by atoms with Crippen molar-refractivity contribution in [2.75, 3.05) is 39.3 Å². The Morgan fingerprint density at radius 1 is 0.517 bits per heavy atom. The fourth-order valence-electron chi connectivity index (χ4n) is 3.25. The molecule has 29 heavy (non-hydrogen) atoms. The van der Waals surface area contributed by atoms with Crippen molar-refractivity contribution in [1.82, 2.24) is 0 Å². The summed E-state index contributed by atoms with van der Waals surface area (Å²) in [4.78, 5) is 22.9. The van der Waals surface area contributed by atoms with Gasteiger partial charge in [0.05, 0.1) is 39.3 Å². The number of carbonyl (C=O) groups excluding carboxylic acids is 2. The zero-order valence-electron chi connectivity index (χ0n) is 20.2. The molecule has 176 valence electrons. The normalized spacial score (nSPS) is 10.2. The van der Waals surface area contributed by atoms with Crippen LogP contribution in [0.2, 0.25) is 0 Å². The summed E-state index contributed by atoms with van der Waals surface area (Å²) in [5.74, 6) is -2.45. The molecule has 0 radical (unpaired) electrons. The van der Waals surface area contributed by atoms with E-state index in [2.05, 4.69) is 41.5 Å². The Morgan fingerprint density at radius 2 is 0.724 bits per heavy atom. The first-order chi connectivity index (χ1) is 13.8. The number of quaternary nitrogens is 2. The van der Waals surface area contributed by atoms with E-state index in [1.807, 2.05) is 0 Å². The smallest absolute Gasteiger partial charge is 0.0768 e. The number of nitrogens with one attached hydrogen (secondary N) is 2. The lowest BCUT2D eigenvalue weighted by molar-refractivity contribution is -0.900. The first-order valence-electron chi connectivity index (χ1n) is 11.9. The molecule has 0 fully saturated rings. The van der Waals surface area contributed by atoms with Gasteiger partial charge in [0.15, 0.2) is 0 Å². The van der Waals surface area contributed by atoms with Gasteiger partial charge >= 0.3 is 0 Å². The number of rotatable bonds is 16. The molecule has 0 heterocycles. The van der Waals surface area contributed by atoms with Gasteiger partial charge in [-0.25, -0.2) is 0 Å². The highest BCUT2D eigenvalue weighted by Gasteiger charge is 2.02. The van der Waals surface area contributed by atoms with Gasteiger partial charge in [-0.15, -0.1) is 0 Å². The molecule has 0 rings (SSSR count). The van der Waals surface area contributed by atoms with E-state index in [0.29, 0.717) is 0 Å². The summed E-state index contributed by atoms with van der Waals surface area (Å²) in [5.41, 5.74) is 0. The van der Waals surface area contributed by atoms with Gasteiger partial charge in [0.1, 0.15) is 0 Å². The van der Waals surface area contributed by atoms with Crippen LogP contribution in [0.25, 0.3) is 0 Å². The van der Waals surface area contributed by atoms with Crippen LogP contribution in [0.5, 0.6) is 0 Å². The molecule has 0 saturated heterocycles. The van der Waals surface area contributed by atoms with E-state index in [4.69, 9.17) is 0 Å². The van der Waals surface area contributed by atoms with E-state index in [1.54, 1.807) is 9.80 Å². The van der Waals surface area contributed by atoms with Crippen molar-refractivity contribution in [3.63, 3.8) is 0 Å². The molecule has 0 aromatic carbocycles. The number of carboxylic acids is 2. The predicted molar refractivity (Wildman–Crippen MR) is 117 cm³/mol. The minimum Gasteiger partial charge on any atom is -0.550 e. The minimum absolute atomic E-state index is 0.0880. The van der Waals surface area contributed by atoms with Gasteiger partial charge in [0.2, 0.25) is 0 Å². The van der Waals surface area contributed by atoms with Crippen molar-refractivity contribution in [3.8, 4) is 0 Å². The summed E-state index contributed by atoms with van der Waals surface area (Å²) >= 11 is 0. The average molecular weight is 419 g/mol. The quantitative estimate of drug-likeness (QED) is 0.365. The molecule has 0 atom stereocenters. The standard InChI is InChI=1S/2C9H21N.C5H8O4/c2*1-4-7-10(8-5-2)9-6-3;6-4(7)2-1-3-5(8)9/h2*4-9H2,1-3H3;1-3H2,(H,6,7)(H,8,9). The number of carboxylic acid groups (broad SMARTS) is 2. The Hall–Kier alpha value is -1.14. The van der Waals surface area contributed by atoms with E-state index >= 15 is 0 Å². The second-order valence-corrected chi connectivity index (χ2v) is 7.60. The van der Waals surface area contributed by atoms with Crippen molar-refractivity contribution in [2.45, 2.75) is 99.3 Å². The second-order valence-electron chi connectivity index (χ2n) is 7.60.